The van der Waals surface area contributed by atoms with Crippen molar-refractivity contribution in [3.8, 4) is 22.8 Å². The van der Waals surface area contributed by atoms with E-state index < -0.39 is 0 Å². The highest BCUT2D eigenvalue weighted by Crippen LogP contribution is 2.39. The molecule has 1 unspecified atom stereocenters. The van der Waals surface area contributed by atoms with Crippen LogP contribution in [0.1, 0.15) is 54.9 Å². The SMILES string of the molecule is CCOC(=O)CCCC1CCN(CCCc2c(O)ccc3oc(-c4ccc(O)cc4)c(C(=O)NC)c23)C1. The van der Waals surface area contributed by atoms with E-state index in [0.29, 0.717) is 58.8 Å². The summed E-state index contributed by atoms with van der Waals surface area (Å²) in [5, 5.41) is 23.8. The van der Waals surface area contributed by atoms with Gasteiger partial charge in [-0.3, -0.25) is 9.59 Å². The molecule has 1 aliphatic rings. The number of furan rings is 1. The molecule has 2 heterocycles. The van der Waals surface area contributed by atoms with Crippen LogP contribution in [0.5, 0.6) is 11.5 Å². The number of fused-ring (bicyclic) bond motifs is 1. The van der Waals surface area contributed by atoms with E-state index in [1.165, 1.54) is 0 Å². The average molecular weight is 509 g/mol. The van der Waals surface area contributed by atoms with Gasteiger partial charge >= 0.3 is 5.97 Å². The second kappa shape index (κ2) is 12.1. The number of nitrogens with zero attached hydrogens (tertiary/aromatic N) is 1. The van der Waals surface area contributed by atoms with Gasteiger partial charge in [-0.2, -0.15) is 0 Å². The number of rotatable bonds is 11. The number of phenolic OH excluding ortho intramolecular Hbond substituents is 2. The van der Waals surface area contributed by atoms with Crippen molar-refractivity contribution in [2.24, 2.45) is 5.92 Å². The van der Waals surface area contributed by atoms with Crippen LogP contribution in [0.2, 0.25) is 0 Å². The molecule has 0 bridgehead atoms. The number of phenols is 2. The molecule has 0 aliphatic carbocycles. The fourth-order valence-corrected chi connectivity index (χ4v) is 5.26. The van der Waals surface area contributed by atoms with Gasteiger partial charge in [0.1, 0.15) is 22.8 Å². The molecule has 0 spiro atoms. The zero-order valence-corrected chi connectivity index (χ0v) is 21.6. The van der Waals surface area contributed by atoms with Crippen LogP contribution in [0.25, 0.3) is 22.3 Å². The van der Waals surface area contributed by atoms with Crippen LogP contribution in [0.4, 0.5) is 0 Å². The monoisotopic (exact) mass is 508 g/mol. The van der Waals surface area contributed by atoms with Gasteiger partial charge in [0, 0.05) is 36.5 Å². The van der Waals surface area contributed by atoms with Gasteiger partial charge in [-0.25, -0.2) is 0 Å². The molecule has 8 nitrogen and oxygen atoms in total. The number of hydrogen-bond donors (Lipinski definition) is 3. The van der Waals surface area contributed by atoms with Gasteiger partial charge in [0.15, 0.2) is 0 Å². The van der Waals surface area contributed by atoms with Crippen LogP contribution >= 0.6 is 0 Å². The van der Waals surface area contributed by atoms with Gasteiger partial charge < -0.3 is 29.6 Å². The Morgan fingerprint density at radius 2 is 1.92 bits per heavy atom. The lowest BCUT2D eigenvalue weighted by Crippen LogP contribution is -2.22. The average Bonchev–Trinajstić information content (AvgIpc) is 3.50. The van der Waals surface area contributed by atoms with Crippen molar-refractivity contribution < 1.29 is 29.0 Å². The van der Waals surface area contributed by atoms with Crippen molar-refractivity contribution >= 4 is 22.8 Å². The van der Waals surface area contributed by atoms with Crippen molar-refractivity contribution in [3.63, 3.8) is 0 Å². The minimum Gasteiger partial charge on any atom is -0.508 e. The first-order chi connectivity index (χ1) is 17.9. The lowest BCUT2D eigenvalue weighted by molar-refractivity contribution is -0.143. The predicted molar refractivity (Wildman–Crippen MR) is 142 cm³/mol. The molecule has 8 heteroatoms. The number of carbonyl (C=O) groups excluding carboxylic acids is 2. The van der Waals surface area contributed by atoms with Crippen molar-refractivity contribution in [2.75, 3.05) is 33.3 Å². The van der Waals surface area contributed by atoms with E-state index in [1.54, 1.807) is 43.4 Å². The maximum atomic E-state index is 13.0. The van der Waals surface area contributed by atoms with Gasteiger partial charge in [-0.1, -0.05) is 0 Å². The molecule has 1 amide bonds. The Bertz CT molecular complexity index is 1230. The molecule has 2 aromatic carbocycles. The van der Waals surface area contributed by atoms with E-state index in [2.05, 4.69) is 10.2 Å². The number of esters is 1. The molecule has 3 N–H and O–H groups in total. The van der Waals surface area contributed by atoms with Crippen molar-refractivity contribution in [1.82, 2.24) is 10.2 Å². The summed E-state index contributed by atoms with van der Waals surface area (Å²) < 4.78 is 11.1. The summed E-state index contributed by atoms with van der Waals surface area (Å²) in [5.41, 5.74) is 2.30. The quantitative estimate of drug-likeness (QED) is 0.317. The highest BCUT2D eigenvalue weighted by molar-refractivity contribution is 6.12. The van der Waals surface area contributed by atoms with E-state index in [0.717, 1.165) is 45.3 Å². The molecule has 37 heavy (non-hydrogen) atoms. The summed E-state index contributed by atoms with van der Waals surface area (Å²) in [7, 11) is 1.57. The Hall–Kier alpha value is -3.52. The van der Waals surface area contributed by atoms with Crippen LogP contribution < -0.4 is 5.32 Å². The van der Waals surface area contributed by atoms with Crippen LogP contribution in [0, 0.1) is 5.92 Å². The molecule has 1 fully saturated rings. The number of aromatic hydroxyl groups is 2. The number of aryl methyl sites for hydroxylation is 1. The highest BCUT2D eigenvalue weighted by Gasteiger charge is 2.26. The van der Waals surface area contributed by atoms with E-state index in [4.69, 9.17) is 9.15 Å². The van der Waals surface area contributed by atoms with Crippen LogP contribution in [-0.4, -0.2) is 60.3 Å². The minimum absolute atomic E-state index is 0.115. The maximum absolute atomic E-state index is 13.0. The summed E-state index contributed by atoms with van der Waals surface area (Å²) in [6.07, 6.45) is 4.93. The predicted octanol–water partition coefficient (Wildman–Crippen LogP) is 4.86. The highest BCUT2D eigenvalue weighted by atomic mass is 16.5. The number of carbonyl (C=O) groups is 2. The molecule has 3 aromatic rings. The molecule has 1 atom stereocenters. The zero-order valence-electron chi connectivity index (χ0n) is 21.6. The largest absolute Gasteiger partial charge is 0.508 e. The topological polar surface area (TPSA) is 112 Å². The minimum atomic E-state index is -0.293. The third-order valence-corrected chi connectivity index (χ3v) is 7.09. The Morgan fingerprint density at radius 3 is 2.65 bits per heavy atom. The van der Waals surface area contributed by atoms with Crippen molar-refractivity contribution in [1.29, 1.82) is 0 Å². The molecule has 4 rings (SSSR count). The van der Waals surface area contributed by atoms with Crippen LogP contribution in [-0.2, 0) is 16.0 Å². The summed E-state index contributed by atoms with van der Waals surface area (Å²) in [4.78, 5) is 27.0. The summed E-state index contributed by atoms with van der Waals surface area (Å²) in [6.45, 7) is 5.19. The van der Waals surface area contributed by atoms with E-state index in [9.17, 15) is 19.8 Å². The fraction of sp³-hybridized carbons (Fsp3) is 0.448. The Balaban J connectivity index is 1.45. The van der Waals surface area contributed by atoms with Gasteiger partial charge in [0.25, 0.3) is 5.91 Å². The van der Waals surface area contributed by atoms with E-state index in [-0.39, 0.29) is 23.4 Å². The molecule has 198 valence electrons. The van der Waals surface area contributed by atoms with E-state index >= 15 is 0 Å². The first-order valence-electron chi connectivity index (χ1n) is 13.1. The van der Waals surface area contributed by atoms with Crippen molar-refractivity contribution in [2.45, 2.75) is 45.4 Å². The van der Waals surface area contributed by atoms with Crippen LogP contribution in [0.15, 0.2) is 40.8 Å². The van der Waals surface area contributed by atoms with Gasteiger partial charge in [-0.15, -0.1) is 0 Å². The van der Waals surface area contributed by atoms with Gasteiger partial charge in [0.2, 0.25) is 0 Å². The summed E-state index contributed by atoms with van der Waals surface area (Å²) >= 11 is 0. The number of likely N-dealkylation sites (tertiary alicyclic amines) is 1. The number of benzene rings is 2. The van der Waals surface area contributed by atoms with Gasteiger partial charge in [-0.05, 0) is 94.4 Å². The molecule has 1 saturated heterocycles. The second-order valence-corrected chi connectivity index (χ2v) is 9.62. The molecular weight excluding hydrogens is 472 g/mol. The first-order valence-corrected chi connectivity index (χ1v) is 13.1. The second-order valence-electron chi connectivity index (χ2n) is 9.62. The van der Waals surface area contributed by atoms with Gasteiger partial charge in [0.05, 0.1) is 12.2 Å². The standard InChI is InChI=1S/C29H36N2O6/c1-3-36-25(34)8-4-6-19-15-17-31(18-19)16-5-7-22-23(33)13-14-24-26(22)27(29(35)30-2)28(37-24)20-9-11-21(32)12-10-20/h9-14,19,32-33H,3-8,15-18H2,1-2H3,(H,30,35). The summed E-state index contributed by atoms with van der Waals surface area (Å²) in [6, 6.07) is 9.81. The molecular formula is C29H36N2O6. The molecule has 1 aromatic heterocycles. The number of ether oxygens (including phenoxy) is 1. The lowest BCUT2D eigenvalue weighted by Gasteiger charge is -2.16. The Morgan fingerprint density at radius 1 is 1.14 bits per heavy atom. The smallest absolute Gasteiger partial charge is 0.305 e. The molecule has 0 saturated carbocycles. The first kappa shape index (κ1) is 26.5. The number of hydrogen-bond acceptors (Lipinski definition) is 7. The molecule has 0 radical (unpaired) electrons. The Labute approximate surface area is 217 Å². The van der Waals surface area contributed by atoms with Crippen LogP contribution in [0.3, 0.4) is 0 Å². The summed E-state index contributed by atoms with van der Waals surface area (Å²) in [5.74, 6) is 0.866. The van der Waals surface area contributed by atoms with Crippen molar-refractivity contribution in [3.05, 3.63) is 47.5 Å². The zero-order chi connectivity index (χ0) is 26.4. The maximum Gasteiger partial charge on any atom is 0.305 e. The lowest BCUT2D eigenvalue weighted by atomic mass is 9.97. The fourth-order valence-electron chi connectivity index (χ4n) is 5.26. The number of nitrogens with one attached hydrogen (secondary N) is 1. The third-order valence-electron chi connectivity index (χ3n) is 7.09. The number of amides is 1. The van der Waals surface area contributed by atoms with E-state index in [1.807, 2.05) is 6.92 Å². The Kier molecular flexibility index (Phi) is 8.71. The normalized spacial score (nSPS) is 15.8. The molecule has 1 aliphatic heterocycles. The third kappa shape index (κ3) is 6.25.